The molecule has 0 aliphatic carbocycles. The molecule has 2 N–H and O–H groups in total. The van der Waals surface area contributed by atoms with Crippen LogP contribution in [0.3, 0.4) is 0 Å². The van der Waals surface area contributed by atoms with Crippen LogP contribution >= 0.6 is 0 Å². The smallest absolute Gasteiger partial charge is 0.255 e. The second kappa shape index (κ2) is 8.12. The van der Waals surface area contributed by atoms with E-state index in [1.54, 1.807) is 4.90 Å². The zero-order valence-electron chi connectivity index (χ0n) is 17.4. The van der Waals surface area contributed by atoms with Crippen LogP contribution in [0.25, 0.3) is 0 Å². The number of carbonyl (C=O) groups is 3. The van der Waals surface area contributed by atoms with E-state index in [2.05, 4.69) is 21.6 Å². The Kier molecular flexibility index (Phi) is 5.33. The first-order valence-corrected chi connectivity index (χ1v) is 11.3. The summed E-state index contributed by atoms with van der Waals surface area (Å²) in [5.74, 6) is 0.847. The highest BCUT2D eigenvalue weighted by Gasteiger charge is 2.40. The van der Waals surface area contributed by atoms with Gasteiger partial charge in [-0.2, -0.15) is 0 Å². The molecule has 0 aromatic heterocycles. The Labute approximate surface area is 177 Å². The number of likely N-dealkylation sites (tertiary alicyclic amines) is 1. The van der Waals surface area contributed by atoms with Crippen molar-refractivity contribution in [3.8, 4) is 0 Å². The SMILES string of the molecule is O=C1CCC(N2Cc3cccc(CN4CCCC(C5CCNC5)C4)c3C2=O)C(=O)N1. The summed E-state index contributed by atoms with van der Waals surface area (Å²) >= 11 is 0. The van der Waals surface area contributed by atoms with Crippen molar-refractivity contribution in [1.82, 2.24) is 20.4 Å². The molecule has 5 rings (SSSR count). The van der Waals surface area contributed by atoms with Gasteiger partial charge in [-0.25, -0.2) is 0 Å². The monoisotopic (exact) mass is 410 g/mol. The molecular formula is C23H30N4O3. The van der Waals surface area contributed by atoms with E-state index in [-0.39, 0.29) is 24.1 Å². The lowest BCUT2D eigenvalue weighted by molar-refractivity contribution is -0.136. The normalized spacial score (nSPS) is 29.9. The van der Waals surface area contributed by atoms with E-state index >= 15 is 0 Å². The molecule has 7 nitrogen and oxygen atoms in total. The zero-order chi connectivity index (χ0) is 20.7. The van der Waals surface area contributed by atoms with E-state index in [9.17, 15) is 14.4 Å². The molecule has 30 heavy (non-hydrogen) atoms. The molecule has 1 aromatic rings. The summed E-state index contributed by atoms with van der Waals surface area (Å²) in [6.07, 6.45) is 4.49. The molecule has 3 amide bonds. The summed E-state index contributed by atoms with van der Waals surface area (Å²) in [6.45, 7) is 5.68. The number of benzene rings is 1. The summed E-state index contributed by atoms with van der Waals surface area (Å²) in [6, 6.07) is 5.53. The average molecular weight is 411 g/mol. The predicted octanol–water partition coefficient (Wildman–Crippen LogP) is 1.27. The number of nitrogens with zero attached hydrogens (tertiary/aromatic N) is 2. The Morgan fingerprint density at radius 2 is 1.97 bits per heavy atom. The molecule has 4 aliphatic rings. The zero-order valence-corrected chi connectivity index (χ0v) is 17.4. The fraction of sp³-hybridized carbons (Fsp3) is 0.609. The highest BCUT2D eigenvalue weighted by atomic mass is 16.2. The third-order valence-corrected chi connectivity index (χ3v) is 7.34. The van der Waals surface area contributed by atoms with Gasteiger partial charge in [-0.05, 0) is 68.3 Å². The summed E-state index contributed by atoms with van der Waals surface area (Å²) in [4.78, 5) is 41.2. The number of amides is 3. The van der Waals surface area contributed by atoms with Gasteiger partial charge in [-0.1, -0.05) is 18.2 Å². The quantitative estimate of drug-likeness (QED) is 0.731. The van der Waals surface area contributed by atoms with Gasteiger partial charge in [-0.3, -0.25) is 24.6 Å². The largest absolute Gasteiger partial charge is 0.322 e. The molecule has 3 atom stereocenters. The van der Waals surface area contributed by atoms with Gasteiger partial charge in [0.1, 0.15) is 6.04 Å². The van der Waals surface area contributed by atoms with Gasteiger partial charge in [0, 0.05) is 31.6 Å². The highest BCUT2D eigenvalue weighted by molar-refractivity contribution is 6.05. The van der Waals surface area contributed by atoms with Gasteiger partial charge in [0.25, 0.3) is 5.91 Å². The van der Waals surface area contributed by atoms with Crippen LogP contribution < -0.4 is 10.6 Å². The first-order chi connectivity index (χ1) is 14.6. The molecule has 0 spiro atoms. The first kappa shape index (κ1) is 19.7. The van der Waals surface area contributed by atoms with Crippen molar-refractivity contribution >= 4 is 17.7 Å². The number of fused-ring (bicyclic) bond motifs is 1. The van der Waals surface area contributed by atoms with Gasteiger partial charge < -0.3 is 10.2 Å². The van der Waals surface area contributed by atoms with Gasteiger partial charge in [-0.15, -0.1) is 0 Å². The minimum atomic E-state index is -0.551. The first-order valence-electron chi connectivity index (χ1n) is 11.3. The fourth-order valence-electron chi connectivity index (χ4n) is 5.76. The van der Waals surface area contributed by atoms with Crippen LogP contribution in [0.2, 0.25) is 0 Å². The Balaban J connectivity index is 1.31. The molecule has 1 aromatic carbocycles. The van der Waals surface area contributed by atoms with Gasteiger partial charge in [0.05, 0.1) is 0 Å². The Morgan fingerprint density at radius 1 is 1.07 bits per heavy atom. The fourth-order valence-corrected chi connectivity index (χ4v) is 5.76. The van der Waals surface area contributed by atoms with Crippen molar-refractivity contribution in [2.24, 2.45) is 11.8 Å². The molecule has 0 saturated carbocycles. The second-order valence-corrected chi connectivity index (χ2v) is 9.24. The highest BCUT2D eigenvalue weighted by Crippen LogP contribution is 2.32. The molecule has 160 valence electrons. The van der Waals surface area contributed by atoms with Crippen LogP contribution in [-0.4, -0.2) is 59.7 Å². The minimum Gasteiger partial charge on any atom is -0.322 e. The van der Waals surface area contributed by atoms with Crippen LogP contribution in [0.5, 0.6) is 0 Å². The topological polar surface area (TPSA) is 81.8 Å². The van der Waals surface area contributed by atoms with Gasteiger partial charge in [0.15, 0.2) is 0 Å². The number of piperidine rings is 2. The van der Waals surface area contributed by atoms with Crippen molar-refractivity contribution < 1.29 is 14.4 Å². The molecule has 4 aliphatic heterocycles. The number of nitrogens with one attached hydrogen (secondary N) is 2. The van der Waals surface area contributed by atoms with E-state index in [0.29, 0.717) is 13.0 Å². The molecular weight excluding hydrogens is 380 g/mol. The molecule has 0 bridgehead atoms. The summed E-state index contributed by atoms with van der Waals surface area (Å²) < 4.78 is 0. The standard InChI is InChI=1S/C23H30N4O3/c28-20-7-6-19(22(29)25-20)27-14-18-4-1-3-17(21(18)23(27)30)13-26-10-2-5-16(12-26)15-8-9-24-11-15/h1,3-4,15-16,19,24H,2,5-14H2,(H,25,28,29). The number of rotatable bonds is 4. The van der Waals surface area contributed by atoms with E-state index < -0.39 is 6.04 Å². The summed E-state index contributed by atoms with van der Waals surface area (Å²) in [5.41, 5.74) is 2.83. The molecule has 3 saturated heterocycles. The van der Waals surface area contributed by atoms with Crippen LogP contribution in [0.1, 0.15) is 53.6 Å². The number of carbonyl (C=O) groups excluding carboxylic acids is 3. The minimum absolute atomic E-state index is 0.0661. The van der Waals surface area contributed by atoms with E-state index in [1.165, 1.54) is 19.3 Å². The molecule has 0 radical (unpaired) electrons. The van der Waals surface area contributed by atoms with E-state index in [1.807, 2.05) is 12.1 Å². The lowest BCUT2D eigenvalue weighted by Gasteiger charge is -2.36. The second-order valence-electron chi connectivity index (χ2n) is 9.24. The average Bonchev–Trinajstić information content (AvgIpc) is 3.38. The molecule has 3 unspecified atom stereocenters. The van der Waals surface area contributed by atoms with Crippen LogP contribution in [-0.2, 0) is 22.7 Å². The number of hydrogen-bond acceptors (Lipinski definition) is 5. The van der Waals surface area contributed by atoms with Crippen molar-refractivity contribution in [2.45, 2.75) is 51.2 Å². The summed E-state index contributed by atoms with van der Waals surface area (Å²) in [7, 11) is 0. The van der Waals surface area contributed by atoms with Crippen molar-refractivity contribution in [3.05, 3.63) is 34.9 Å². The Hall–Kier alpha value is -2.25. The van der Waals surface area contributed by atoms with Gasteiger partial charge >= 0.3 is 0 Å². The van der Waals surface area contributed by atoms with Crippen LogP contribution in [0, 0.1) is 11.8 Å². The van der Waals surface area contributed by atoms with Crippen LogP contribution in [0.15, 0.2) is 18.2 Å². The number of imide groups is 1. The van der Waals surface area contributed by atoms with E-state index in [4.69, 9.17) is 0 Å². The van der Waals surface area contributed by atoms with Crippen LogP contribution in [0.4, 0.5) is 0 Å². The maximum Gasteiger partial charge on any atom is 0.255 e. The maximum atomic E-state index is 13.3. The Morgan fingerprint density at radius 3 is 2.77 bits per heavy atom. The molecule has 3 fully saturated rings. The van der Waals surface area contributed by atoms with Gasteiger partial charge in [0.2, 0.25) is 11.8 Å². The third kappa shape index (κ3) is 3.65. The summed E-state index contributed by atoms with van der Waals surface area (Å²) in [5, 5.41) is 5.87. The van der Waals surface area contributed by atoms with Crippen molar-refractivity contribution in [2.75, 3.05) is 26.2 Å². The predicted molar refractivity (Wildman–Crippen MR) is 111 cm³/mol. The lowest BCUT2D eigenvalue weighted by Crippen LogP contribution is -2.52. The maximum absolute atomic E-state index is 13.3. The lowest BCUT2D eigenvalue weighted by atomic mass is 9.84. The Bertz CT molecular complexity index is 864. The molecule has 7 heteroatoms. The number of hydrogen-bond donors (Lipinski definition) is 2. The molecule has 4 heterocycles. The van der Waals surface area contributed by atoms with Crippen molar-refractivity contribution in [1.29, 1.82) is 0 Å². The third-order valence-electron chi connectivity index (χ3n) is 7.34. The van der Waals surface area contributed by atoms with Crippen molar-refractivity contribution in [3.63, 3.8) is 0 Å². The van der Waals surface area contributed by atoms with E-state index in [0.717, 1.165) is 61.2 Å².